The Morgan fingerprint density at radius 1 is 1.00 bits per heavy atom. The van der Waals surface area contributed by atoms with E-state index in [0.717, 1.165) is 36.5 Å². The summed E-state index contributed by atoms with van der Waals surface area (Å²) in [5, 5.41) is 4.43. The lowest BCUT2D eigenvalue weighted by Gasteiger charge is -2.26. The van der Waals surface area contributed by atoms with Gasteiger partial charge in [-0.05, 0) is 46.1 Å². The summed E-state index contributed by atoms with van der Waals surface area (Å²) in [5.74, 6) is 1.32. The number of benzene rings is 2. The highest BCUT2D eigenvalue weighted by Gasteiger charge is 2.26. The largest absolute Gasteiger partial charge is 0.497 e. The van der Waals surface area contributed by atoms with Crippen molar-refractivity contribution in [3.05, 3.63) is 65.7 Å². The lowest BCUT2D eigenvalue weighted by atomic mass is 10.1. The lowest BCUT2D eigenvalue weighted by Crippen LogP contribution is -2.37. The number of ether oxygens (including phenoxy) is 1. The number of nitrogens with zero attached hydrogens (tertiary/aromatic N) is 4. The molecular weight excluding hydrogens is 416 g/mol. The van der Waals surface area contributed by atoms with E-state index in [-0.39, 0.29) is 5.91 Å². The van der Waals surface area contributed by atoms with Crippen LogP contribution in [0, 0.1) is 0 Å². The van der Waals surface area contributed by atoms with Crippen molar-refractivity contribution in [1.82, 2.24) is 15.0 Å². The first kappa shape index (κ1) is 24.3. The number of methoxy groups -OCH3 is 1. The van der Waals surface area contributed by atoms with E-state index in [1.54, 1.807) is 13.2 Å². The molecule has 0 bridgehead atoms. The van der Waals surface area contributed by atoms with Gasteiger partial charge in [0, 0.05) is 37.3 Å². The van der Waals surface area contributed by atoms with Gasteiger partial charge >= 0.3 is 0 Å². The molecule has 1 heterocycles. The minimum atomic E-state index is -0.0542. The number of rotatable bonds is 11. The normalized spacial score (nSPS) is 11.0. The van der Waals surface area contributed by atoms with E-state index in [4.69, 9.17) is 9.26 Å². The zero-order valence-electron chi connectivity index (χ0n) is 20.2. The Hall–Kier alpha value is -3.32. The maximum absolute atomic E-state index is 13.6. The van der Waals surface area contributed by atoms with Crippen LogP contribution < -0.4 is 9.64 Å². The molecule has 0 aliphatic carbocycles. The summed E-state index contributed by atoms with van der Waals surface area (Å²) in [6.45, 7) is 7.45. The molecule has 7 nitrogen and oxygen atoms in total. The van der Waals surface area contributed by atoms with Crippen LogP contribution >= 0.6 is 0 Å². The van der Waals surface area contributed by atoms with Gasteiger partial charge in [0.2, 0.25) is 5.88 Å². The highest BCUT2D eigenvalue weighted by molar-refractivity contribution is 5.94. The second-order valence-corrected chi connectivity index (χ2v) is 8.12. The lowest BCUT2D eigenvalue weighted by molar-refractivity contribution is 0.0732. The van der Waals surface area contributed by atoms with Gasteiger partial charge in [0.05, 0.1) is 19.2 Å². The summed E-state index contributed by atoms with van der Waals surface area (Å²) in [4.78, 5) is 19.7. The molecule has 0 unspecified atom stereocenters. The molecule has 7 heteroatoms. The van der Waals surface area contributed by atoms with E-state index in [1.807, 2.05) is 67.5 Å². The van der Waals surface area contributed by atoms with Crippen LogP contribution in [-0.4, -0.2) is 68.2 Å². The number of hydrogen-bond donors (Lipinski definition) is 0. The molecule has 0 spiro atoms. The summed E-state index contributed by atoms with van der Waals surface area (Å²) in [7, 11) is 5.61. The maximum atomic E-state index is 13.6. The molecule has 0 aliphatic rings. The Morgan fingerprint density at radius 3 is 2.36 bits per heavy atom. The third-order valence-electron chi connectivity index (χ3n) is 5.64. The first-order valence-corrected chi connectivity index (χ1v) is 11.3. The molecule has 0 radical (unpaired) electrons. The standard InChI is InChI=1S/C26H34N4O3/c1-6-29(7-2)26-23(24(27-33-26)20-12-9-8-10-13-20)19-30(17-16-28(3)4)25(31)21-14-11-15-22(18-21)32-5/h8-15,18H,6-7,16-17,19H2,1-5H3. The van der Waals surface area contributed by atoms with Crippen LogP contribution in [0.15, 0.2) is 59.1 Å². The molecule has 3 rings (SSSR count). The van der Waals surface area contributed by atoms with Gasteiger partial charge in [-0.15, -0.1) is 0 Å². The maximum Gasteiger partial charge on any atom is 0.254 e. The number of hydrogen-bond acceptors (Lipinski definition) is 6. The fourth-order valence-electron chi connectivity index (χ4n) is 3.73. The Morgan fingerprint density at radius 2 is 1.73 bits per heavy atom. The van der Waals surface area contributed by atoms with E-state index in [0.29, 0.717) is 30.3 Å². The third-order valence-corrected chi connectivity index (χ3v) is 5.64. The molecule has 1 aromatic heterocycles. The third kappa shape index (κ3) is 5.93. The molecule has 0 saturated heterocycles. The summed E-state index contributed by atoms with van der Waals surface area (Å²) in [6, 6.07) is 17.3. The van der Waals surface area contributed by atoms with Crippen molar-refractivity contribution < 1.29 is 14.1 Å². The van der Waals surface area contributed by atoms with Crippen LogP contribution in [0.3, 0.4) is 0 Å². The van der Waals surface area contributed by atoms with Gasteiger partial charge in [0.25, 0.3) is 5.91 Å². The first-order chi connectivity index (χ1) is 16.0. The number of anilines is 1. The van der Waals surface area contributed by atoms with Crippen LogP contribution in [0.5, 0.6) is 5.75 Å². The quantitative estimate of drug-likeness (QED) is 0.432. The Bertz CT molecular complexity index is 1030. The van der Waals surface area contributed by atoms with Crippen molar-refractivity contribution in [1.29, 1.82) is 0 Å². The highest BCUT2D eigenvalue weighted by atomic mass is 16.5. The van der Waals surface area contributed by atoms with Crippen molar-refractivity contribution >= 4 is 11.8 Å². The molecule has 0 saturated carbocycles. The van der Waals surface area contributed by atoms with Crippen molar-refractivity contribution in [2.24, 2.45) is 0 Å². The highest BCUT2D eigenvalue weighted by Crippen LogP contribution is 2.33. The SMILES string of the molecule is CCN(CC)c1onc(-c2ccccc2)c1CN(CCN(C)C)C(=O)c1cccc(OC)c1. The number of amides is 1. The summed E-state index contributed by atoms with van der Waals surface area (Å²) in [6.07, 6.45) is 0. The predicted octanol–water partition coefficient (Wildman–Crippen LogP) is 4.40. The molecular formula is C26H34N4O3. The first-order valence-electron chi connectivity index (χ1n) is 11.3. The molecule has 0 aliphatic heterocycles. The topological polar surface area (TPSA) is 62.1 Å². The fraction of sp³-hybridized carbons (Fsp3) is 0.385. The van der Waals surface area contributed by atoms with Gasteiger partial charge in [-0.2, -0.15) is 0 Å². The Balaban J connectivity index is 2.03. The molecule has 3 aromatic rings. The average Bonchev–Trinajstić information content (AvgIpc) is 3.25. The smallest absolute Gasteiger partial charge is 0.254 e. The predicted molar refractivity (Wildman–Crippen MR) is 132 cm³/mol. The second-order valence-electron chi connectivity index (χ2n) is 8.12. The molecule has 0 atom stereocenters. The van der Waals surface area contributed by atoms with Crippen LogP contribution in [-0.2, 0) is 6.54 Å². The van der Waals surface area contributed by atoms with Gasteiger partial charge in [-0.25, -0.2) is 0 Å². The fourth-order valence-corrected chi connectivity index (χ4v) is 3.73. The number of carbonyl (C=O) groups excluding carboxylic acids is 1. The minimum absolute atomic E-state index is 0.0542. The Labute approximate surface area is 196 Å². The molecule has 1 amide bonds. The van der Waals surface area contributed by atoms with Crippen LogP contribution in [0.1, 0.15) is 29.8 Å². The molecule has 33 heavy (non-hydrogen) atoms. The van der Waals surface area contributed by atoms with E-state index in [2.05, 4.69) is 28.8 Å². The van der Waals surface area contributed by atoms with Gasteiger partial charge in [0.15, 0.2) is 0 Å². The van der Waals surface area contributed by atoms with E-state index in [1.165, 1.54) is 0 Å². The average molecular weight is 451 g/mol. The zero-order chi connectivity index (χ0) is 23.8. The zero-order valence-corrected chi connectivity index (χ0v) is 20.2. The number of carbonyl (C=O) groups is 1. The molecule has 0 fully saturated rings. The number of aromatic nitrogens is 1. The van der Waals surface area contributed by atoms with Gasteiger partial charge in [-0.3, -0.25) is 4.79 Å². The van der Waals surface area contributed by atoms with Crippen molar-refractivity contribution in [3.63, 3.8) is 0 Å². The van der Waals surface area contributed by atoms with Crippen LogP contribution in [0.4, 0.5) is 5.88 Å². The number of likely N-dealkylation sites (N-methyl/N-ethyl adjacent to an activating group) is 1. The summed E-state index contributed by atoms with van der Waals surface area (Å²) < 4.78 is 11.2. The monoisotopic (exact) mass is 450 g/mol. The van der Waals surface area contributed by atoms with Crippen molar-refractivity contribution in [2.45, 2.75) is 20.4 Å². The Kier molecular flexibility index (Phi) is 8.49. The second kappa shape index (κ2) is 11.5. The summed E-state index contributed by atoms with van der Waals surface area (Å²) >= 11 is 0. The van der Waals surface area contributed by atoms with Crippen LogP contribution in [0.2, 0.25) is 0 Å². The van der Waals surface area contributed by atoms with Crippen molar-refractivity contribution in [2.75, 3.05) is 52.3 Å². The van der Waals surface area contributed by atoms with E-state index >= 15 is 0 Å². The molecule has 2 aromatic carbocycles. The minimum Gasteiger partial charge on any atom is -0.497 e. The van der Waals surface area contributed by atoms with E-state index in [9.17, 15) is 4.79 Å². The van der Waals surface area contributed by atoms with Gasteiger partial charge in [-0.1, -0.05) is 41.6 Å². The molecule has 176 valence electrons. The molecule has 0 N–H and O–H groups in total. The van der Waals surface area contributed by atoms with Gasteiger partial charge < -0.3 is 24.0 Å². The van der Waals surface area contributed by atoms with Crippen molar-refractivity contribution in [3.8, 4) is 17.0 Å². The summed E-state index contributed by atoms with van der Waals surface area (Å²) in [5.41, 5.74) is 3.25. The van der Waals surface area contributed by atoms with Gasteiger partial charge in [0.1, 0.15) is 11.4 Å². The van der Waals surface area contributed by atoms with Crippen LogP contribution in [0.25, 0.3) is 11.3 Å². The van der Waals surface area contributed by atoms with E-state index < -0.39 is 0 Å².